The van der Waals surface area contributed by atoms with Crippen molar-refractivity contribution in [2.75, 3.05) is 29.4 Å². The van der Waals surface area contributed by atoms with Gasteiger partial charge in [-0.25, -0.2) is 13.4 Å². The summed E-state index contributed by atoms with van der Waals surface area (Å²) in [5.74, 6) is 1.59. The van der Waals surface area contributed by atoms with Crippen molar-refractivity contribution >= 4 is 38.5 Å². The van der Waals surface area contributed by atoms with E-state index in [0.717, 1.165) is 41.3 Å². The van der Waals surface area contributed by atoms with Crippen LogP contribution < -0.4 is 14.8 Å². The van der Waals surface area contributed by atoms with Gasteiger partial charge in [-0.1, -0.05) is 12.1 Å². The Morgan fingerprint density at radius 1 is 1.11 bits per heavy atom. The Hall–Kier alpha value is -4.12. The summed E-state index contributed by atoms with van der Waals surface area (Å²) in [6.07, 6.45) is 4.26. The minimum Gasteiger partial charge on any atom is -0.439 e. The van der Waals surface area contributed by atoms with Crippen molar-refractivity contribution in [2.24, 2.45) is 0 Å². The second-order valence-electron chi connectivity index (χ2n) is 9.21. The fourth-order valence-electron chi connectivity index (χ4n) is 4.37. The van der Waals surface area contributed by atoms with Crippen LogP contribution in [0.25, 0.3) is 10.9 Å². The number of rotatable bonds is 7. The van der Waals surface area contributed by atoms with Gasteiger partial charge in [-0.2, -0.15) is 4.98 Å². The van der Waals surface area contributed by atoms with E-state index in [2.05, 4.69) is 25.0 Å². The lowest BCUT2D eigenvalue weighted by Crippen LogP contribution is -2.42. The maximum absolute atomic E-state index is 13.1. The highest BCUT2D eigenvalue weighted by Gasteiger charge is 2.25. The van der Waals surface area contributed by atoms with Crippen LogP contribution in [0.2, 0.25) is 0 Å². The summed E-state index contributed by atoms with van der Waals surface area (Å²) in [6.45, 7) is 3.18. The second kappa shape index (κ2) is 10.1. The first-order chi connectivity index (χ1) is 17.7. The van der Waals surface area contributed by atoms with E-state index in [-0.39, 0.29) is 11.9 Å². The minimum atomic E-state index is -3.38. The number of likely N-dealkylation sites (tertiary alicyclic amines) is 1. The van der Waals surface area contributed by atoms with Gasteiger partial charge in [0.25, 0.3) is 5.91 Å². The van der Waals surface area contributed by atoms with Crippen molar-refractivity contribution in [3.05, 3.63) is 72.1 Å². The van der Waals surface area contributed by atoms with Crippen molar-refractivity contribution in [3.63, 3.8) is 0 Å². The van der Waals surface area contributed by atoms with Gasteiger partial charge in [0.2, 0.25) is 21.9 Å². The second-order valence-corrected chi connectivity index (χ2v) is 11.0. The monoisotopic (exact) mass is 520 g/mol. The fraction of sp³-hybridized carbons (Fsp3) is 0.269. The molecular weight excluding hydrogens is 492 g/mol. The SMILES string of the molecule is Cc1cccc(Oc2ccnc(NC3CCN(C(=O)c4cc5cc(NS(C)(=O)=O)ccc5[nH]4)CC3)n2)c1. The summed E-state index contributed by atoms with van der Waals surface area (Å²) >= 11 is 0. The number of piperidine rings is 1. The Bertz CT molecular complexity index is 1540. The number of anilines is 2. The number of aryl methyl sites for hydroxylation is 1. The Kier molecular flexibility index (Phi) is 6.70. The molecule has 0 atom stereocenters. The van der Waals surface area contributed by atoms with E-state index >= 15 is 0 Å². The number of ether oxygens (including phenoxy) is 1. The number of H-pyrrole nitrogens is 1. The minimum absolute atomic E-state index is 0.0860. The molecule has 1 aliphatic rings. The molecule has 192 valence electrons. The average molecular weight is 521 g/mol. The molecule has 0 aliphatic carbocycles. The molecule has 37 heavy (non-hydrogen) atoms. The summed E-state index contributed by atoms with van der Waals surface area (Å²) in [7, 11) is -3.38. The Morgan fingerprint density at radius 2 is 1.92 bits per heavy atom. The molecule has 1 fully saturated rings. The number of amides is 1. The molecule has 10 nitrogen and oxygen atoms in total. The zero-order chi connectivity index (χ0) is 26.0. The number of aromatic nitrogens is 3. The molecule has 2 aromatic carbocycles. The highest BCUT2D eigenvalue weighted by molar-refractivity contribution is 7.92. The van der Waals surface area contributed by atoms with Crippen molar-refractivity contribution in [1.29, 1.82) is 0 Å². The molecule has 4 aromatic rings. The van der Waals surface area contributed by atoms with Gasteiger partial charge in [0, 0.05) is 48.0 Å². The fourth-order valence-corrected chi connectivity index (χ4v) is 4.93. The molecule has 2 aromatic heterocycles. The normalized spacial score (nSPS) is 14.5. The van der Waals surface area contributed by atoms with E-state index in [9.17, 15) is 13.2 Å². The highest BCUT2D eigenvalue weighted by Crippen LogP contribution is 2.24. The van der Waals surface area contributed by atoms with Crippen LogP contribution in [-0.2, 0) is 10.0 Å². The number of hydrogen-bond acceptors (Lipinski definition) is 7. The first-order valence-corrected chi connectivity index (χ1v) is 13.8. The van der Waals surface area contributed by atoms with Crippen LogP contribution in [-0.4, -0.2) is 59.6 Å². The van der Waals surface area contributed by atoms with Gasteiger partial charge >= 0.3 is 0 Å². The highest BCUT2D eigenvalue weighted by atomic mass is 32.2. The van der Waals surface area contributed by atoms with Crippen LogP contribution in [0.4, 0.5) is 11.6 Å². The Morgan fingerprint density at radius 3 is 2.68 bits per heavy atom. The molecule has 0 spiro atoms. The molecule has 1 saturated heterocycles. The molecule has 0 bridgehead atoms. The zero-order valence-corrected chi connectivity index (χ0v) is 21.4. The van der Waals surface area contributed by atoms with Crippen molar-refractivity contribution in [2.45, 2.75) is 25.8 Å². The van der Waals surface area contributed by atoms with Crippen LogP contribution in [0.15, 0.2) is 60.8 Å². The Labute approximate surface area is 215 Å². The Balaban J connectivity index is 1.18. The molecule has 0 radical (unpaired) electrons. The van der Waals surface area contributed by atoms with Gasteiger partial charge in [0.15, 0.2) is 0 Å². The molecule has 3 N–H and O–H groups in total. The molecule has 3 heterocycles. The number of carbonyl (C=O) groups excluding carboxylic acids is 1. The van der Waals surface area contributed by atoms with Crippen molar-refractivity contribution < 1.29 is 17.9 Å². The first-order valence-electron chi connectivity index (χ1n) is 12.0. The van der Waals surface area contributed by atoms with Gasteiger partial charge in [-0.15, -0.1) is 0 Å². The lowest BCUT2D eigenvalue weighted by Gasteiger charge is -2.32. The quantitative estimate of drug-likeness (QED) is 0.334. The molecule has 5 rings (SSSR count). The topological polar surface area (TPSA) is 129 Å². The predicted octanol–water partition coefficient (Wildman–Crippen LogP) is 4.15. The van der Waals surface area contributed by atoms with Crippen LogP contribution in [0.1, 0.15) is 28.9 Å². The van der Waals surface area contributed by atoms with Gasteiger partial charge < -0.3 is 19.9 Å². The molecule has 0 unspecified atom stereocenters. The number of nitrogens with zero attached hydrogens (tertiary/aromatic N) is 3. The molecule has 0 saturated carbocycles. The van der Waals surface area contributed by atoms with Crippen LogP contribution >= 0.6 is 0 Å². The van der Waals surface area contributed by atoms with Gasteiger partial charge in [0.05, 0.1) is 6.26 Å². The van der Waals surface area contributed by atoms with E-state index in [4.69, 9.17) is 4.74 Å². The summed E-state index contributed by atoms with van der Waals surface area (Å²) < 4.78 is 31.3. The summed E-state index contributed by atoms with van der Waals surface area (Å²) in [6, 6.07) is 16.5. The molecule has 11 heteroatoms. The summed E-state index contributed by atoms with van der Waals surface area (Å²) in [4.78, 5) is 26.9. The molecule has 1 aliphatic heterocycles. The number of benzene rings is 2. The van der Waals surface area contributed by atoms with Crippen molar-refractivity contribution in [3.8, 4) is 11.6 Å². The number of carbonyl (C=O) groups is 1. The number of nitrogens with one attached hydrogen (secondary N) is 3. The maximum atomic E-state index is 13.1. The third-order valence-electron chi connectivity index (χ3n) is 6.11. The smallest absolute Gasteiger partial charge is 0.270 e. The lowest BCUT2D eigenvalue weighted by molar-refractivity contribution is 0.0713. The molecular formula is C26H28N6O4S. The number of hydrogen-bond donors (Lipinski definition) is 3. The standard InChI is InChI=1S/C26H28N6O4S/c1-17-4-3-5-21(14-17)36-24-8-11-27-26(30-24)28-19-9-12-32(13-10-19)25(33)23-16-18-15-20(31-37(2,34)35)6-7-22(18)29-23/h3-8,11,14-16,19,29,31H,9-10,12-13H2,1-2H3,(H,27,28,30). The van der Waals surface area contributed by atoms with E-state index < -0.39 is 10.0 Å². The third-order valence-corrected chi connectivity index (χ3v) is 6.72. The number of aromatic amines is 1. The van der Waals surface area contributed by atoms with Gasteiger partial charge in [-0.3, -0.25) is 9.52 Å². The van der Waals surface area contributed by atoms with Crippen LogP contribution in [0.5, 0.6) is 11.6 Å². The number of sulfonamides is 1. The number of fused-ring (bicyclic) bond motifs is 1. The van der Waals surface area contributed by atoms with E-state index in [1.807, 2.05) is 36.1 Å². The maximum Gasteiger partial charge on any atom is 0.270 e. The van der Waals surface area contributed by atoms with Crippen LogP contribution in [0, 0.1) is 6.92 Å². The predicted molar refractivity (Wildman–Crippen MR) is 143 cm³/mol. The van der Waals surface area contributed by atoms with E-state index in [1.54, 1.807) is 36.5 Å². The zero-order valence-electron chi connectivity index (χ0n) is 20.6. The van der Waals surface area contributed by atoms with E-state index in [0.29, 0.717) is 36.3 Å². The largest absolute Gasteiger partial charge is 0.439 e. The first kappa shape index (κ1) is 24.6. The third kappa shape index (κ3) is 6.18. The average Bonchev–Trinajstić information content (AvgIpc) is 3.27. The van der Waals surface area contributed by atoms with E-state index in [1.165, 1.54) is 0 Å². The summed E-state index contributed by atoms with van der Waals surface area (Å²) in [5.41, 5.74) is 2.80. The van der Waals surface area contributed by atoms with Crippen molar-refractivity contribution in [1.82, 2.24) is 19.9 Å². The summed E-state index contributed by atoms with van der Waals surface area (Å²) in [5, 5.41) is 4.12. The molecule has 1 amide bonds. The van der Waals surface area contributed by atoms with Gasteiger partial charge in [0.1, 0.15) is 11.4 Å². The van der Waals surface area contributed by atoms with Gasteiger partial charge in [-0.05, 0) is 61.7 Å². The lowest BCUT2D eigenvalue weighted by atomic mass is 10.0. The van der Waals surface area contributed by atoms with Crippen LogP contribution in [0.3, 0.4) is 0 Å².